The van der Waals surface area contributed by atoms with Crippen molar-refractivity contribution in [3.05, 3.63) is 0 Å². The van der Waals surface area contributed by atoms with Gasteiger partial charge >= 0.3 is 5.97 Å². The molecule has 2 rings (SSSR count). The van der Waals surface area contributed by atoms with E-state index in [1.165, 1.54) is 12.8 Å². The predicted molar refractivity (Wildman–Crippen MR) is 73.0 cm³/mol. The molecule has 1 saturated heterocycles. The van der Waals surface area contributed by atoms with Gasteiger partial charge in [-0.15, -0.1) is 0 Å². The van der Waals surface area contributed by atoms with Crippen molar-refractivity contribution < 1.29 is 14.3 Å². The lowest BCUT2D eigenvalue weighted by atomic mass is 10.1. The third kappa shape index (κ3) is 5.09. The molecule has 0 radical (unpaired) electrons. The van der Waals surface area contributed by atoms with Gasteiger partial charge in [0.25, 0.3) is 0 Å². The Balaban J connectivity index is 1.76. The third-order valence-electron chi connectivity index (χ3n) is 3.64. The molecule has 0 aromatic rings. The van der Waals surface area contributed by atoms with Gasteiger partial charge in [0.15, 0.2) is 0 Å². The van der Waals surface area contributed by atoms with Crippen LogP contribution in [-0.4, -0.2) is 61.9 Å². The van der Waals surface area contributed by atoms with Crippen LogP contribution in [0.5, 0.6) is 0 Å². The number of carbonyl (C=O) groups is 1. The van der Waals surface area contributed by atoms with E-state index in [4.69, 9.17) is 9.47 Å². The van der Waals surface area contributed by atoms with E-state index in [0.717, 1.165) is 32.7 Å². The maximum absolute atomic E-state index is 11.9. The quantitative estimate of drug-likeness (QED) is 0.693. The number of hydrogen-bond acceptors (Lipinski definition) is 5. The highest BCUT2D eigenvalue weighted by Gasteiger charge is 2.29. The van der Waals surface area contributed by atoms with Gasteiger partial charge in [-0.2, -0.15) is 0 Å². The van der Waals surface area contributed by atoms with Gasteiger partial charge in [0.1, 0.15) is 6.04 Å². The van der Waals surface area contributed by atoms with Crippen LogP contribution in [0.4, 0.5) is 0 Å². The Kier molecular flexibility index (Phi) is 5.60. The second-order valence-corrected chi connectivity index (χ2v) is 5.52. The topological polar surface area (TPSA) is 50.8 Å². The average molecular weight is 270 g/mol. The largest absolute Gasteiger partial charge is 0.465 e. The van der Waals surface area contributed by atoms with Crippen LogP contribution in [0.1, 0.15) is 33.1 Å². The number of rotatable bonds is 7. The molecule has 2 unspecified atom stereocenters. The number of esters is 1. The predicted octanol–water partition coefficient (Wildman–Crippen LogP) is 0.781. The summed E-state index contributed by atoms with van der Waals surface area (Å²) in [6.45, 7) is 8.05. The lowest BCUT2D eigenvalue weighted by Gasteiger charge is -2.32. The van der Waals surface area contributed by atoms with E-state index in [1.807, 2.05) is 6.92 Å². The molecule has 2 atom stereocenters. The SMILES string of the molecule is CCOC(=O)C(CCN1CCOC(C)C1)NC1CC1. The number of carbonyl (C=O) groups excluding carboxylic acids is 1. The summed E-state index contributed by atoms with van der Waals surface area (Å²) < 4.78 is 10.7. The van der Waals surface area contributed by atoms with Crippen molar-refractivity contribution in [1.82, 2.24) is 10.2 Å². The minimum atomic E-state index is -0.148. The number of morpholine rings is 1. The van der Waals surface area contributed by atoms with Gasteiger partial charge in [-0.1, -0.05) is 0 Å². The normalized spacial score (nSPS) is 26.1. The lowest BCUT2D eigenvalue weighted by molar-refractivity contribution is -0.146. The van der Waals surface area contributed by atoms with E-state index in [9.17, 15) is 4.79 Å². The fourth-order valence-corrected chi connectivity index (χ4v) is 2.45. The number of hydrogen-bond donors (Lipinski definition) is 1. The fraction of sp³-hybridized carbons (Fsp3) is 0.929. The van der Waals surface area contributed by atoms with Crippen LogP contribution >= 0.6 is 0 Å². The first-order chi connectivity index (χ1) is 9.19. The first kappa shape index (κ1) is 14.8. The molecule has 1 saturated carbocycles. The Bertz CT molecular complexity index is 294. The van der Waals surface area contributed by atoms with Gasteiger partial charge in [-0.3, -0.25) is 9.69 Å². The molecule has 0 amide bonds. The van der Waals surface area contributed by atoms with Crippen molar-refractivity contribution in [2.24, 2.45) is 0 Å². The van der Waals surface area contributed by atoms with Crippen molar-refractivity contribution in [2.75, 3.05) is 32.8 Å². The summed E-state index contributed by atoms with van der Waals surface area (Å²) in [5.74, 6) is -0.101. The molecule has 1 aliphatic heterocycles. The van der Waals surface area contributed by atoms with Crippen LogP contribution in [0, 0.1) is 0 Å². The zero-order valence-corrected chi connectivity index (χ0v) is 12.1. The summed E-state index contributed by atoms with van der Waals surface area (Å²) in [5.41, 5.74) is 0. The third-order valence-corrected chi connectivity index (χ3v) is 3.64. The van der Waals surface area contributed by atoms with Crippen molar-refractivity contribution in [1.29, 1.82) is 0 Å². The maximum atomic E-state index is 11.9. The minimum Gasteiger partial charge on any atom is -0.465 e. The van der Waals surface area contributed by atoms with Crippen LogP contribution in [0.25, 0.3) is 0 Å². The number of nitrogens with one attached hydrogen (secondary N) is 1. The Morgan fingerprint density at radius 1 is 1.53 bits per heavy atom. The standard InChI is InChI=1S/C14H26N2O3/c1-3-18-14(17)13(15-12-4-5-12)6-7-16-8-9-19-11(2)10-16/h11-13,15H,3-10H2,1-2H3. The summed E-state index contributed by atoms with van der Waals surface area (Å²) in [7, 11) is 0. The molecule has 1 heterocycles. The second kappa shape index (κ2) is 7.22. The molecule has 19 heavy (non-hydrogen) atoms. The Morgan fingerprint density at radius 2 is 2.32 bits per heavy atom. The lowest BCUT2D eigenvalue weighted by Crippen LogP contribution is -2.46. The molecule has 1 aliphatic carbocycles. The molecule has 0 aromatic carbocycles. The molecule has 1 N–H and O–H groups in total. The van der Waals surface area contributed by atoms with Crippen LogP contribution in [0.3, 0.4) is 0 Å². The molecule has 5 nitrogen and oxygen atoms in total. The van der Waals surface area contributed by atoms with Crippen LogP contribution in [-0.2, 0) is 14.3 Å². The highest BCUT2D eigenvalue weighted by Crippen LogP contribution is 2.20. The summed E-state index contributed by atoms with van der Waals surface area (Å²) in [5, 5.41) is 3.39. The maximum Gasteiger partial charge on any atom is 0.323 e. The summed E-state index contributed by atoms with van der Waals surface area (Å²) in [6.07, 6.45) is 3.49. The first-order valence-electron chi connectivity index (χ1n) is 7.45. The number of nitrogens with zero attached hydrogens (tertiary/aromatic N) is 1. The molecule has 2 fully saturated rings. The van der Waals surface area contributed by atoms with E-state index >= 15 is 0 Å². The van der Waals surface area contributed by atoms with Gasteiger partial charge in [0.05, 0.1) is 19.3 Å². The van der Waals surface area contributed by atoms with Crippen molar-refractivity contribution >= 4 is 5.97 Å². The van der Waals surface area contributed by atoms with Crippen molar-refractivity contribution in [3.63, 3.8) is 0 Å². The highest BCUT2D eigenvalue weighted by molar-refractivity contribution is 5.75. The molecular formula is C14H26N2O3. The van der Waals surface area contributed by atoms with Gasteiger partial charge in [-0.05, 0) is 33.1 Å². The average Bonchev–Trinajstić information content (AvgIpc) is 3.18. The van der Waals surface area contributed by atoms with Crippen molar-refractivity contribution in [2.45, 2.75) is 51.3 Å². The van der Waals surface area contributed by atoms with E-state index in [1.54, 1.807) is 0 Å². The summed E-state index contributed by atoms with van der Waals surface area (Å²) in [6, 6.07) is 0.378. The van der Waals surface area contributed by atoms with Gasteiger partial charge < -0.3 is 14.8 Å². The molecule has 110 valence electrons. The minimum absolute atomic E-state index is 0.101. The first-order valence-corrected chi connectivity index (χ1v) is 7.45. The fourth-order valence-electron chi connectivity index (χ4n) is 2.45. The molecule has 0 spiro atoms. The molecule has 0 bridgehead atoms. The molecule has 0 aromatic heterocycles. The number of ether oxygens (including phenoxy) is 2. The van der Waals surface area contributed by atoms with E-state index in [0.29, 0.717) is 18.8 Å². The Hall–Kier alpha value is -0.650. The summed E-state index contributed by atoms with van der Waals surface area (Å²) >= 11 is 0. The molecular weight excluding hydrogens is 244 g/mol. The van der Waals surface area contributed by atoms with E-state index < -0.39 is 0 Å². The monoisotopic (exact) mass is 270 g/mol. The van der Waals surface area contributed by atoms with Gasteiger partial charge in [0.2, 0.25) is 0 Å². The van der Waals surface area contributed by atoms with Crippen LogP contribution < -0.4 is 5.32 Å². The zero-order valence-electron chi connectivity index (χ0n) is 12.1. The highest BCUT2D eigenvalue weighted by atomic mass is 16.5. The summed E-state index contributed by atoms with van der Waals surface area (Å²) in [4.78, 5) is 14.3. The van der Waals surface area contributed by atoms with Crippen molar-refractivity contribution in [3.8, 4) is 0 Å². The van der Waals surface area contributed by atoms with Crippen LogP contribution in [0.2, 0.25) is 0 Å². The smallest absolute Gasteiger partial charge is 0.323 e. The van der Waals surface area contributed by atoms with Crippen LogP contribution in [0.15, 0.2) is 0 Å². The van der Waals surface area contributed by atoms with Gasteiger partial charge in [0, 0.05) is 25.7 Å². The second-order valence-electron chi connectivity index (χ2n) is 5.52. The van der Waals surface area contributed by atoms with Gasteiger partial charge in [-0.25, -0.2) is 0 Å². The van der Waals surface area contributed by atoms with E-state index in [2.05, 4.69) is 17.1 Å². The Labute approximate surface area is 115 Å². The Morgan fingerprint density at radius 3 is 2.95 bits per heavy atom. The molecule has 2 aliphatic rings. The molecule has 5 heteroatoms. The zero-order chi connectivity index (χ0) is 13.7. The van der Waals surface area contributed by atoms with E-state index in [-0.39, 0.29) is 12.0 Å².